The first-order chi connectivity index (χ1) is 14.1. The molecule has 2 atom stereocenters. The van der Waals surface area contributed by atoms with Crippen LogP contribution in [0, 0.1) is 11.8 Å². The van der Waals surface area contributed by atoms with Gasteiger partial charge in [0.15, 0.2) is 0 Å². The SMILES string of the molecule is CCCCCCC=C[C@H]1CCC[C@@H]1CCCC(=C(F)F)C(O)(O)C(O)(O)C(=O)OC. The smallest absolute Gasteiger partial charge is 0.372 e. The minimum absolute atomic E-state index is 0.193. The molecule has 1 aliphatic rings. The maximum Gasteiger partial charge on any atom is 0.372 e. The van der Waals surface area contributed by atoms with Crippen LogP contribution in [0.2, 0.25) is 0 Å². The molecule has 0 aromatic carbocycles. The molecule has 30 heavy (non-hydrogen) atoms. The van der Waals surface area contributed by atoms with Crippen molar-refractivity contribution in [3.8, 4) is 0 Å². The monoisotopic (exact) mass is 434 g/mol. The molecular weight excluding hydrogens is 398 g/mol. The number of methoxy groups -OCH3 is 1. The Morgan fingerprint density at radius 2 is 1.77 bits per heavy atom. The Bertz CT molecular complexity index is 596. The molecule has 0 heterocycles. The number of rotatable bonds is 13. The third kappa shape index (κ3) is 7.11. The molecule has 1 rings (SSSR count). The van der Waals surface area contributed by atoms with Crippen LogP contribution in [0.1, 0.15) is 77.6 Å². The molecule has 0 saturated heterocycles. The molecule has 0 aromatic heterocycles. The van der Waals surface area contributed by atoms with Gasteiger partial charge in [0, 0.05) is 0 Å². The van der Waals surface area contributed by atoms with Gasteiger partial charge in [-0.15, -0.1) is 0 Å². The lowest BCUT2D eigenvalue weighted by Gasteiger charge is -2.33. The zero-order valence-electron chi connectivity index (χ0n) is 17.9. The highest BCUT2D eigenvalue weighted by atomic mass is 19.3. The molecule has 1 aliphatic carbocycles. The topological polar surface area (TPSA) is 107 Å². The Morgan fingerprint density at radius 3 is 2.37 bits per heavy atom. The van der Waals surface area contributed by atoms with Crippen molar-refractivity contribution in [2.24, 2.45) is 11.8 Å². The Labute approximate surface area is 177 Å². The van der Waals surface area contributed by atoms with Crippen molar-refractivity contribution in [1.29, 1.82) is 0 Å². The number of carbonyl (C=O) groups is 1. The highest BCUT2D eigenvalue weighted by Gasteiger charge is 2.58. The molecule has 0 aromatic rings. The average Bonchev–Trinajstić information content (AvgIpc) is 3.13. The van der Waals surface area contributed by atoms with Gasteiger partial charge in [0.1, 0.15) is 0 Å². The van der Waals surface area contributed by atoms with E-state index >= 15 is 0 Å². The van der Waals surface area contributed by atoms with Crippen molar-refractivity contribution in [2.75, 3.05) is 7.11 Å². The van der Waals surface area contributed by atoms with Crippen molar-refractivity contribution in [3.63, 3.8) is 0 Å². The molecule has 1 fully saturated rings. The number of esters is 1. The van der Waals surface area contributed by atoms with Crippen molar-refractivity contribution in [1.82, 2.24) is 0 Å². The molecule has 174 valence electrons. The molecule has 8 heteroatoms. The first-order valence-electron chi connectivity index (χ1n) is 10.8. The predicted molar refractivity (Wildman–Crippen MR) is 108 cm³/mol. The normalized spacial score (nSPS) is 20.0. The van der Waals surface area contributed by atoms with Crippen LogP contribution < -0.4 is 0 Å². The number of aliphatic hydroxyl groups is 4. The second-order valence-corrected chi connectivity index (χ2v) is 8.10. The van der Waals surface area contributed by atoms with Gasteiger partial charge in [-0.25, -0.2) is 4.79 Å². The zero-order valence-corrected chi connectivity index (χ0v) is 17.9. The maximum absolute atomic E-state index is 13.3. The van der Waals surface area contributed by atoms with E-state index in [9.17, 15) is 34.0 Å². The van der Waals surface area contributed by atoms with Crippen molar-refractivity contribution in [3.05, 3.63) is 23.8 Å². The van der Waals surface area contributed by atoms with Crippen molar-refractivity contribution < 1.29 is 38.7 Å². The van der Waals surface area contributed by atoms with Gasteiger partial charge in [-0.2, -0.15) is 8.78 Å². The predicted octanol–water partition coefficient (Wildman–Crippen LogP) is 3.79. The van der Waals surface area contributed by atoms with E-state index in [4.69, 9.17) is 0 Å². The summed E-state index contributed by atoms with van der Waals surface area (Å²) in [4.78, 5) is 11.4. The lowest BCUT2D eigenvalue weighted by molar-refractivity contribution is -0.329. The summed E-state index contributed by atoms with van der Waals surface area (Å²) >= 11 is 0. The quantitative estimate of drug-likeness (QED) is 0.152. The van der Waals surface area contributed by atoms with Crippen LogP contribution in [0.15, 0.2) is 23.8 Å². The number of unbranched alkanes of at least 4 members (excludes halogenated alkanes) is 4. The van der Waals surface area contributed by atoms with E-state index in [1.165, 1.54) is 19.3 Å². The van der Waals surface area contributed by atoms with Crippen LogP contribution in [0.4, 0.5) is 8.78 Å². The molecule has 0 bridgehead atoms. The first kappa shape index (κ1) is 26.7. The van der Waals surface area contributed by atoms with E-state index < -0.39 is 35.6 Å². The lowest BCUT2D eigenvalue weighted by atomic mass is 9.87. The fourth-order valence-corrected chi connectivity index (χ4v) is 4.07. The van der Waals surface area contributed by atoms with Crippen LogP contribution in [0.5, 0.6) is 0 Å². The van der Waals surface area contributed by atoms with Crippen LogP contribution in [-0.2, 0) is 9.53 Å². The number of hydrogen-bond acceptors (Lipinski definition) is 6. The fourth-order valence-electron chi connectivity index (χ4n) is 4.07. The lowest BCUT2D eigenvalue weighted by Crippen LogP contribution is -2.61. The molecule has 0 radical (unpaired) electrons. The summed E-state index contributed by atoms with van der Waals surface area (Å²) < 4.78 is 30.7. The molecule has 1 saturated carbocycles. The number of halogens is 2. The van der Waals surface area contributed by atoms with Crippen molar-refractivity contribution in [2.45, 2.75) is 89.1 Å². The summed E-state index contributed by atoms with van der Waals surface area (Å²) in [6, 6.07) is 0. The molecule has 0 spiro atoms. The average molecular weight is 435 g/mol. The maximum atomic E-state index is 13.3. The Hall–Kier alpha value is -1.35. The standard InChI is InChI=1S/C22H36F2O6/c1-3-4-5-6-7-8-11-16-12-9-13-17(16)14-10-15-18(19(23)24)21(26,27)22(28,29)20(25)30-2/h8,11,16-17,26-29H,3-7,9-10,12-15H2,1-2H3/t16-,17+/m0/s1. The molecule has 6 nitrogen and oxygen atoms in total. The van der Waals surface area contributed by atoms with Gasteiger partial charge < -0.3 is 25.2 Å². The highest BCUT2D eigenvalue weighted by molar-refractivity contribution is 5.79. The van der Waals surface area contributed by atoms with Gasteiger partial charge in [-0.3, -0.25) is 0 Å². The van der Waals surface area contributed by atoms with E-state index in [1.54, 1.807) is 0 Å². The van der Waals surface area contributed by atoms with E-state index in [1.807, 2.05) is 0 Å². The first-order valence-corrected chi connectivity index (χ1v) is 10.8. The molecule has 0 aliphatic heterocycles. The van der Waals surface area contributed by atoms with Crippen LogP contribution in [0.3, 0.4) is 0 Å². The second-order valence-electron chi connectivity index (χ2n) is 8.10. The summed E-state index contributed by atoms with van der Waals surface area (Å²) in [7, 11) is 0.770. The largest absolute Gasteiger partial charge is 0.465 e. The highest BCUT2D eigenvalue weighted by Crippen LogP contribution is 2.38. The minimum atomic E-state index is -3.91. The van der Waals surface area contributed by atoms with Gasteiger partial charge in [0.2, 0.25) is 0 Å². The fraction of sp³-hybridized carbons (Fsp3) is 0.773. The zero-order chi connectivity index (χ0) is 22.8. The molecule has 4 N–H and O–H groups in total. The summed E-state index contributed by atoms with van der Waals surface area (Å²) in [5, 5.41) is 39.2. The summed E-state index contributed by atoms with van der Waals surface area (Å²) in [6.07, 6.45) is 11.1. The molecular formula is C22H36F2O6. The molecule has 0 amide bonds. The van der Waals surface area contributed by atoms with Crippen LogP contribution >= 0.6 is 0 Å². The number of allylic oxidation sites excluding steroid dienone is 2. The van der Waals surface area contributed by atoms with Gasteiger partial charge in [-0.05, 0) is 56.8 Å². The van der Waals surface area contributed by atoms with Gasteiger partial charge in [-0.1, -0.05) is 44.8 Å². The van der Waals surface area contributed by atoms with E-state index in [2.05, 4.69) is 23.8 Å². The third-order valence-corrected chi connectivity index (χ3v) is 5.93. The van der Waals surface area contributed by atoms with Crippen LogP contribution in [0.25, 0.3) is 0 Å². The summed E-state index contributed by atoms with van der Waals surface area (Å²) in [6.45, 7) is 2.17. The summed E-state index contributed by atoms with van der Waals surface area (Å²) in [5.74, 6) is -8.92. The van der Waals surface area contributed by atoms with E-state index in [0.717, 1.165) is 39.2 Å². The van der Waals surface area contributed by atoms with Gasteiger partial charge in [0.05, 0.1) is 12.7 Å². The van der Waals surface area contributed by atoms with Crippen molar-refractivity contribution >= 4 is 5.97 Å². The second kappa shape index (κ2) is 12.5. The van der Waals surface area contributed by atoms with E-state index in [0.29, 0.717) is 18.3 Å². The minimum Gasteiger partial charge on any atom is -0.465 e. The number of carbonyl (C=O) groups excluding carboxylic acids is 1. The number of hydrogen-bond donors (Lipinski definition) is 4. The number of ether oxygens (including phenoxy) is 1. The van der Waals surface area contributed by atoms with Gasteiger partial charge >= 0.3 is 11.8 Å². The van der Waals surface area contributed by atoms with E-state index in [-0.39, 0.29) is 6.42 Å². The van der Waals surface area contributed by atoms with Gasteiger partial charge in [0.25, 0.3) is 11.9 Å². The molecule has 0 unspecified atom stereocenters. The summed E-state index contributed by atoms with van der Waals surface area (Å²) in [5.41, 5.74) is -1.29. The Kier molecular flexibility index (Phi) is 11.1. The Morgan fingerprint density at radius 1 is 1.07 bits per heavy atom. The van der Waals surface area contributed by atoms with Crippen LogP contribution in [-0.4, -0.2) is 45.1 Å². The third-order valence-electron chi connectivity index (χ3n) is 5.93. The Balaban J connectivity index is 2.65.